The smallest absolute Gasteiger partial charge is 0.225 e. The number of carbonyl (C=O) groups excluding carboxylic acids is 1. The van der Waals surface area contributed by atoms with Crippen molar-refractivity contribution in [2.45, 2.75) is 26.7 Å². The third kappa shape index (κ3) is 3.76. The molecule has 1 rings (SSSR count). The molecule has 1 aliphatic rings. The lowest BCUT2D eigenvalue weighted by Crippen LogP contribution is -2.43. The van der Waals surface area contributed by atoms with Gasteiger partial charge in [-0.2, -0.15) is 0 Å². The van der Waals surface area contributed by atoms with Gasteiger partial charge in [0.25, 0.3) is 0 Å². The maximum absolute atomic E-state index is 12.1. The minimum atomic E-state index is -0.00439. The number of rotatable bonds is 4. The van der Waals surface area contributed by atoms with Crippen LogP contribution in [-0.2, 0) is 9.53 Å². The van der Waals surface area contributed by atoms with Crippen LogP contribution in [0, 0.1) is 11.3 Å². The Balaban J connectivity index is 2.46. The lowest BCUT2D eigenvalue weighted by molar-refractivity contribution is -0.138. The lowest BCUT2D eigenvalue weighted by Gasteiger charge is -2.32. The van der Waals surface area contributed by atoms with Crippen LogP contribution in [0.2, 0.25) is 0 Å². The van der Waals surface area contributed by atoms with E-state index in [2.05, 4.69) is 13.8 Å². The molecule has 0 aromatic carbocycles. The molecule has 0 spiro atoms. The molecule has 2 N–H and O–H groups in total. The van der Waals surface area contributed by atoms with Gasteiger partial charge in [-0.3, -0.25) is 4.79 Å². The molecule has 1 aliphatic heterocycles. The highest BCUT2D eigenvalue weighted by atomic mass is 16.5. The van der Waals surface area contributed by atoms with Crippen molar-refractivity contribution < 1.29 is 9.53 Å². The first kappa shape index (κ1) is 13.5. The molecule has 1 amide bonds. The van der Waals surface area contributed by atoms with Crippen molar-refractivity contribution in [3.8, 4) is 0 Å². The second-order valence-corrected chi connectivity index (χ2v) is 5.45. The SMILES string of the molecule is CN(CC(C)(C)CN)C(=O)C1CCOCC1. The summed E-state index contributed by atoms with van der Waals surface area (Å²) in [4.78, 5) is 13.9. The number of hydrogen-bond acceptors (Lipinski definition) is 3. The van der Waals surface area contributed by atoms with Crippen LogP contribution in [0.5, 0.6) is 0 Å². The topological polar surface area (TPSA) is 55.6 Å². The summed E-state index contributed by atoms with van der Waals surface area (Å²) >= 11 is 0. The summed E-state index contributed by atoms with van der Waals surface area (Å²) in [7, 11) is 1.87. The molecule has 0 bridgehead atoms. The summed E-state index contributed by atoms with van der Waals surface area (Å²) in [6.45, 7) is 6.91. The number of amides is 1. The molecule has 0 radical (unpaired) electrons. The predicted molar refractivity (Wildman–Crippen MR) is 64.0 cm³/mol. The third-order valence-electron chi connectivity index (χ3n) is 3.16. The van der Waals surface area contributed by atoms with Crippen molar-refractivity contribution in [1.29, 1.82) is 0 Å². The molecule has 1 saturated heterocycles. The van der Waals surface area contributed by atoms with Crippen molar-refractivity contribution in [3.05, 3.63) is 0 Å². The van der Waals surface area contributed by atoms with Gasteiger partial charge in [0.1, 0.15) is 0 Å². The Labute approximate surface area is 98.1 Å². The van der Waals surface area contributed by atoms with E-state index in [1.807, 2.05) is 11.9 Å². The van der Waals surface area contributed by atoms with Crippen LogP contribution in [-0.4, -0.2) is 44.2 Å². The van der Waals surface area contributed by atoms with Crippen LogP contribution in [0.1, 0.15) is 26.7 Å². The molecule has 4 nitrogen and oxygen atoms in total. The van der Waals surface area contributed by atoms with Gasteiger partial charge in [-0.05, 0) is 24.8 Å². The highest BCUT2D eigenvalue weighted by Crippen LogP contribution is 2.20. The average molecular weight is 228 g/mol. The van der Waals surface area contributed by atoms with Gasteiger partial charge < -0.3 is 15.4 Å². The van der Waals surface area contributed by atoms with Crippen LogP contribution in [0.3, 0.4) is 0 Å². The Hall–Kier alpha value is -0.610. The minimum Gasteiger partial charge on any atom is -0.381 e. The highest BCUT2D eigenvalue weighted by Gasteiger charge is 2.27. The van der Waals surface area contributed by atoms with E-state index >= 15 is 0 Å². The second kappa shape index (κ2) is 5.64. The number of ether oxygens (including phenoxy) is 1. The molecule has 0 unspecified atom stereocenters. The second-order valence-electron chi connectivity index (χ2n) is 5.45. The van der Waals surface area contributed by atoms with Crippen LogP contribution in [0.15, 0.2) is 0 Å². The molecule has 16 heavy (non-hydrogen) atoms. The van der Waals surface area contributed by atoms with Crippen molar-refractivity contribution in [3.63, 3.8) is 0 Å². The number of nitrogens with two attached hydrogens (primary N) is 1. The van der Waals surface area contributed by atoms with Crippen molar-refractivity contribution in [2.75, 3.05) is 33.4 Å². The van der Waals surface area contributed by atoms with Gasteiger partial charge in [0.05, 0.1) is 0 Å². The van der Waals surface area contributed by atoms with Gasteiger partial charge in [-0.1, -0.05) is 13.8 Å². The summed E-state index contributed by atoms with van der Waals surface area (Å²) in [5.74, 6) is 0.386. The molecular weight excluding hydrogens is 204 g/mol. The van der Waals surface area contributed by atoms with Crippen molar-refractivity contribution >= 4 is 5.91 Å². The molecule has 0 aliphatic carbocycles. The number of nitrogens with zero attached hydrogens (tertiary/aromatic N) is 1. The molecule has 0 saturated carbocycles. The zero-order chi connectivity index (χ0) is 12.2. The van der Waals surface area contributed by atoms with Crippen LogP contribution in [0.25, 0.3) is 0 Å². The molecule has 0 aromatic heterocycles. The van der Waals surface area contributed by atoms with E-state index in [1.54, 1.807) is 0 Å². The molecule has 0 atom stereocenters. The van der Waals surface area contributed by atoms with E-state index in [0.717, 1.165) is 19.4 Å². The Bertz CT molecular complexity index is 235. The van der Waals surface area contributed by atoms with Gasteiger partial charge in [-0.25, -0.2) is 0 Å². The van der Waals surface area contributed by atoms with Crippen LogP contribution >= 0.6 is 0 Å². The van der Waals surface area contributed by atoms with E-state index in [9.17, 15) is 4.79 Å². The van der Waals surface area contributed by atoms with E-state index in [0.29, 0.717) is 19.8 Å². The lowest BCUT2D eigenvalue weighted by atomic mass is 9.92. The fraction of sp³-hybridized carbons (Fsp3) is 0.917. The number of carbonyl (C=O) groups is 1. The zero-order valence-electron chi connectivity index (χ0n) is 10.7. The molecular formula is C12H24N2O2. The van der Waals surface area contributed by atoms with Gasteiger partial charge in [0, 0.05) is 32.7 Å². The van der Waals surface area contributed by atoms with Gasteiger partial charge in [-0.15, -0.1) is 0 Å². The van der Waals surface area contributed by atoms with Gasteiger partial charge >= 0.3 is 0 Å². The summed E-state index contributed by atoms with van der Waals surface area (Å²) in [6, 6.07) is 0. The first-order valence-electron chi connectivity index (χ1n) is 5.99. The van der Waals surface area contributed by atoms with E-state index in [1.165, 1.54) is 0 Å². The van der Waals surface area contributed by atoms with Crippen LogP contribution < -0.4 is 5.73 Å². The first-order chi connectivity index (χ1) is 7.46. The molecule has 1 fully saturated rings. The molecule has 94 valence electrons. The largest absolute Gasteiger partial charge is 0.381 e. The average Bonchev–Trinajstić information content (AvgIpc) is 2.28. The van der Waals surface area contributed by atoms with Crippen molar-refractivity contribution in [1.82, 2.24) is 4.90 Å². The maximum atomic E-state index is 12.1. The van der Waals surface area contributed by atoms with Crippen molar-refractivity contribution in [2.24, 2.45) is 17.1 Å². The normalized spacial score (nSPS) is 18.5. The Morgan fingerprint density at radius 1 is 1.44 bits per heavy atom. The quantitative estimate of drug-likeness (QED) is 0.776. The van der Waals surface area contributed by atoms with Crippen LogP contribution in [0.4, 0.5) is 0 Å². The summed E-state index contributed by atoms with van der Waals surface area (Å²) in [5.41, 5.74) is 5.67. The fourth-order valence-corrected chi connectivity index (χ4v) is 2.04. The predicted octanol–water partition coefficient (Wildman–Crippen LogP) is 0.856. The highest BCUT2D eigenvalue weighted by molar-refractivity contribution is 5.78. The van der Waals surface area contributed by atoms with Gasteiger partial charge in [0.2, 0.25) is 5.91 Å². The monoisotopic (exact) mass is 228 g/mol. The molecule has 1 heterocycles. The summed E-state index contributed by atoms with van der Waals surface area (Å²) in [6.07, 6.45) is 1.71. The fourth-order valence-electron chi connectivity index (χ4n) is 2.04. The first-order valence-corrected chi connectivity index (χ1v) is 5.99. The minimum absolute atomic E-state index is 0.00439. The Kier molecular flexibility index (Phi) is 4.74. The van der Waals surface area contributed by atoms with E-state index in [4.69, 9.17) is 10.5 Å². The number of hydrogen-bond donors (Lipinski definition) is 1. The zero-order valence-corrected chi connectivity index (χ0v) is 10.7. The summed E-state index contributed by atoms with van der Waals surface area (Å²) in [5, 5.41) is 0. The Morgan fingerprint density at radius 3 is 2.50 bits per heavy atom. The molecule has 0 aromatic rings. The standard InChI is InChI=1S/C12H24N2O2/c1-12(2,8-13)9-14(3)11(15)10-4-6-16-7-5-10/h10H,4-9,13H2,1-3H3. The third-order valence-corrected chi connectivity index (χ3v) is 3.16. The Morgan fingerprint density at radius 2 is 2.00 bits per heavy atom. The summed E-state index contributed by atoms with van der Waals surface area (Å²) < 4.78 is 5.26. The maximum Gasteiger partial charge on any atom is 0.225 e. The molecule has 4 heteroatoms. The van der Waals surface area contributed by atoms with E-state index < -0.39 is 0 Å². The van der Waals surface area contributed by atoms with E-state index in [-0.39, 0.29) is 17.2 Å². The van der Waals surface area contributed by atoms with Gasteiger partial charge in [0.15, 0.2) is 0 Å².